The zero-order valence-corrected chi connectivity index (χ0v) is 16.7. The average Bonchev–Trinajstić information content (AvgIpc) is 3.18. The van der Waals surface area contributed by atoms with Gasteiger partial charge in [0, 0.05) is 24.5 Å². The quantitative estimate of drug-likeness (QED) is 0.763. The van der Waals surface area contributed by atoms with Gasteiger partial charge in [0.1, 0.15) is 5.75 Å². The molecule has 1 aliphatic rings. The van der Waals surface area contributed by atoms with Gasteiger partial charge in [-0.3, -0.25) is 4.79 Å². The van der Waals surface area contributed by atoms with Crippen molar-refractivity contribution in [2.24, 2.45) is 5.10 Å². The molecule has 7 heteroatoms. The van der Waals surface area contributed by atoms with Crippen molar-refractivity contribution < 1.29 is 23.7 Å². The van der Waals surface area contributed by atoms with Gasteiger partial charge in [0.2, 0.25) is 11.7 Å². The summed E-state index contributed by atoms with van der Waals surface area (Å²) in [4.78, 5) is 12.3. The molecule has 1 amide bonds. The van der Waals surface area contributed by atoms with Crippen LogP contribution in [-0.4, -0.2) is 45.1 Å². The Morgan fingerprint density at radius 1 is 0.964 bits per heavy atom. The molecule has 28 heavy (non-hydrogen) atoms. The van der Waals surface area contributed by atoms with Crippen molar-refractivity contribution in [3.63, 3.8) is 0 Å². The van der Waals surface area contributed by atoms with Crippen LogP contribution in [0.1, 0.15) is 30.5 Å². The predicted molar refractivity (Wildman–Crippen MR) is 106 cm³/mol. The normalized spacial score (nSPS) is 15.8. The van der Waals surface area contributed by atoms with E-state index < -0.39 is 0 Å². The zero-order chi connectivity index (χ0) is 20.3. The van der Waals surface area contributed by atoms with Crippen LogP contribution in [0.15, 0.2) is 41.5 Å². The van der Waals surface area contributed by atoms with Crippen molar-refractivity contribution in [2.45, 2.75) is 19.4 Å². The van der Waals surface area contributed by atoms with Crippen molar-refractivity contribution in [3.8, 4) is 23.0 Å². The number of carbonyl (C=O) groups excluding carboxylic acids is 1. The summed E-state index contributed by atoms with van der Waals surface area (Å²) in [6.45, 7) is 1.50. The molecule has 0 radical (unpaired) electrons. The van der Waals surface area contributed by atoms with Crippen LogP contribution in [0.5, 0.6) is 23.0 Å². The number of hydrogen-bond donors (Lipinski definition) is 0. The Hall–Kier alpha value is -3.22. The third-order valence-corrected chi connectivity index (χ3v) is 4.73. The highest BCUT2D eigenvalue weighted by molar-refractivity contribution is 6.04. The second kappa shape index (κ2) is 8.21. The molecule has 0 saturated carbocycles. The number of methoxy groups -OCH3 is 4. The minimum absolute atomic E-state index is 0.140. The van der Waals surface area contributed by atoms with E-state index in [1.165, 1.54) is 11.9 Å². The lowest BCUT2D eigenvalue weighted by Gasteiger charge is -2.22. The fourth-order valence-electron chi connectivity index (χ4n) is 3.41. The number of hydrazone groups is 1. The summed E-state index contributed by atoms with van der Waals surface area (Å²) in [7, 11) is 6.31. The van der Waals surface area contributed by atoms with Crippen molar-refractivity contribution in [1.29, 1.82) is 0 Å². The molecule has 0 bridgehead atoms. The van der Waals surface area contributed by atoms with Crippen LogP contribution in [0.3, 0.4) is 0 Å². The molecule has 1 aliphatic heterocycles. The first-order valence-electron chi connectivity index (χ1n) is 8.84. The van der Waals surface area contributed by atoms with Crippen LogP contribution in [0.4, 0.5) is 0 Å². The number of nitrogens with zero attached hydrogens (tertiary/aromatic N) is 2. The molecule has 1 atom stereocenters. The Balaban J connectivity index is 2.04. The van der Waals surface area contributed by atoms with Crippen LogP contribution < -0.4 is 18.9 Å². The Bertz CT molecular complexity index is 884. The molecule has 3 rings (SSSR count). The number of amides is 1. The number of para-hydroxylation sites is 1. The fourth-order valence-corrected chi connectivity index (χ4v) is 3.41. The third kappa shape index (κ3) is 3.47. The van der Waals surface area contributed by atoms with E-state index in [0.29, 0.717) is 23.7 Å². The lowest BCUT2D eigenvalue weighted by molar-refractivity contribution is -0.130. The van der Waals surface area contributed by atoms with Crippen LogP contribution in [0, 0.1) is 0 Å². The molecule has 0 saturated heterocycles. The van der Waals surface area contributed by atoms with Gasteiger partial charge in [-0.25, -0.2) is 5.01 Å². The molecule has 0 aromatic heterocycles. The summed E-state index contributed by atoms with van der Waals surface area (Å²) < 4.78 is 21.8. The highest BCUT2D eigenvalue weighted by Crippen LogP contribution is 2.42. The monoisotopic (exact) mass is 384 g/mol. The van der Waals surface area contributed by atoms with E-state index in [1.54, 1.807) is 28.4 Å². The first-order valence-corrected chi connectivity index (χ1v) is 8.84. The molecular formula is C21H24N2O5. The van der Waals surface area contributed by atoms with E-state index in [1.807, 2.05) is 36.4 Å². The molecule has 1 heterocycles. The van der Waals surface area contributed by atoms with Gasteiger partial charge < -0.3 is 18.9 Å². The molecule has 2 aromatic carbocycles. The summed E-state index contributed by atoms with van der Waals surface area (Å²) in [6, 6.07) is 11.1. The molecule has 0 spiro atoms. The molecule has 0 fully saturated rings. The second-order valence-corrected chi connectivity index (χ2v) is 6.29. The van der Waals surface area contributed by atoms with Crippen molar-refractivity contribution in [1.82, 2.24) is 5.01 Å². The number of hydrogen-bond acceptors (Lipinski definition) is 6. The van der Waals surface area contributed by atoms with E-state index >= 15 is 0 Å². The van der Waals surface area contributed by atoms with Gasteiger partial charge in [-0.1, -0.05) is 18.2 Å². The summed E-state index contributed by atoms with van der Waals surface area (Å²) in [6.07, 6.45) is 0.540. The van der Waals surface area contributed by atoms with Gasteiger partial charge in [0.05, 0.1) is 40.2 Å². The summed E-state index contributed by atoms with van der Waals surface area (Å²) >= 11 is 0. The van der Waals surface area contributed by atoms with Crippen LogP contribution >= 0.6 is 0 Å². The zero-order valence-electron chi connectivity index (χ0n) is 16.7. The number of carbonyl (C=O) groups is 1. The minimum atomic E-state index is -0.247. The largest absolute Gasteiger partial charge is 0.496 e. The van der Waals surface area contributed by atoms with E-state index in [4.69, 9.17) is 18.9 Å². The maximum Gasteiger partial charge on any atom is 0.240 e. The Kier molecular flexibility index (Phi) is 5.73. The maximum absolute atomic E-state index is 12.3. The second-order valence-electron chi connectivity index (χ2n) is 6.29. The fraction of sp³-hybridized carbons (Fsp3) is 0.333. The van der Waals surface area contributed by atoms with Crippen molar-refractivity contribution in [3.05, 3.63) is 47.5 Å². The summed E-state index contributed by atoms with van der Waals surface area (Å²) in [5, 5.41) is 6.09. The first kappa shape index (κ1) is 19.5. The number of benzene rings is 2. The molecule has 0 aliphatic carbocycles. The molecule has 7 nitrogen and oxygen atoms in total. The van der Waals surface area contributed by atoms with Crippen LogP contribution in [0.25, 0.3) is 0 Å². The maximum atomic E-state index is 12.3. The van der Waals surface area contributed by atoms with E-state index in [0.717, 1.165) is 22.6 Å². The van der Waals surface area contributed by atoms with Gasteiger partial charge >= 0.3 is 0 Å². The Morgan fingerprint density at radius 3 is 2.11 bits per heavy atom. The van der Waals surface area contributed by atoms with Gasteiger partial charge in [0.25, 0.3) is 0 Å². The highest BCUT2D eigenvalue weighted by Gasteiger charge is 2.33. The van der Waals surface area contributed by atoms with Gasteiger partial charge in [0.15, 0.2) is 11.5 Å². The van der Waals surface area contributed by atoms with Crippen LogP contribution in [0.2, 0.25) is 0 Å². The molecule has 148 valence electrons. The van der Waals surface area contributed by atoms with Crippen molar-refractivity contribution in [2.75, 3.05) is 28.4 Å². The Labute approximate surface area is 164 Å². The van der Waals surface area contributed by atoms with E-state index in [2.05, 4.69) is 5.10 Å². The van der Waals surface area contributed by atoms with Gasteiger partial charge in [-0.15, -0.1) is 0 Å². The lowest BCUT2D eigenvalue weighted by atomic mass is 9.97. The topological polar surface area (TPSA) is 69.6 Å². The van der Waals surface area contributed by atoms with Crippen LogP contribution in [-0.2, 0) is 4.79 Å². The molecule has 2 aromatic rings. The molecular weight excluding hydrogens is 360 g/mol. The first-order chi connectivity index (χ1) is 13.5. The summed E-state index contributed by atoms with van der Waals surface area (Å²) in [5.74, 6) is 2.17. The summed E-state index contributed by atoms with van der Waals surface area (Å²) in [5.41, 5.74) is 2.47. The van der Waals surface area contributed by atoms with Crippen molar-refractivity contribution >= 4 is 11.6 Å². The molecule has 0 N–H and O–H groups in total. The highest BCUT2D eigenvalue weighted by atomic mass is 16.5. The predicted octanol–water partition coefficient (Wildman–Crippen LogP) is 3.42. The number of ether oxygens (including phenoxy) is 4. The Morgan fingerprint density at radius 2 is 1.57 bits per heavy atom. The van der Waals surface area contributed by atoms with E-state index in [9.17, 15) is 4.79 Å². The SMILES string of the molecule is COc1ccccc1C1CC(c2cc(OC)c(OC)c(OC)c2)=NN1C(C)=O. The van der Waals surface area contributed by atoms with E-state index in [-0.39, 0.29) is 11.9 Å². The van der Waals surface area contributed by atoms with Gasteiger partial charge in [-0.2, -0.15) is 5.10 Å². The van der Waals surface area contributed by atoms with Gasteiger partial charge in [-0.05, 0) is 18.2 Å². The smallest absolute Gasteiger partial charge is 0.240 e. The standard InChI is InChI=1S/C21H24N2O5/c1-13(24)23-17(15-8-6-7-9-18(15)25-2)12-16(22-23)14-10-19(26-3)21(28-5)20(11-14)27-4/h6-11,17H,12H2,1-5H3. The molecule has 1 unspecified atom stereocenters. The lowest BCUT2D eigenvalue weighted by Crippen LogP contribution is -2.24. The third-order valence-electron chi connectivity index (χ3n) is 4.73. The average molecular weight is 384 g/mol. The number of rotatable bonds is 6. The minimum Gasteiger partial charge on any atom is -0.496 e.